The van der Waals surface area contributed by atoms with Gasteiger partial charge in [-0.05, 0) is 74.2 Å². The predicted octanol–water partition coefficient (Wildman–Crippen LogP) is 5.41. The fourth-order valence-electron chi connectivity index (χ4n) is 1.77. The van der Waals surface area contributed by atoms with Gasteiger partial charge in [-0.15, -0.1) is 0 Å². The lowest BCUT2D eigenvalue weighted by atomic mass is 10.2. The van der Waals surface area contributed by atoms with Gasteiger partial charge in [-0.2, -0.15) is 0 Å². The van der Waals surface area contributed by atoms with E-state index in [2.05, 4.69) is 37.2 Å². The number of aryl methyl sites for hydroxylation is 1. The number of hydrogen-bond acceptors (Lipinski definition) is 1. The first-order chi connectivity index (χ1) is 8.95. The van der Waals surface area contributed by atoms with Crippen molar-refractivity contribution in [2.75, 3.05) is 5.32 Å². The minimum absolute atomic E-state index is 0.342. The molecule has 0 aliphatic carbocycles. The van der Waals surface area contributed by atoms with Gasteiger partial charge in [0.25, 0.3) is 0 Å². The molecular formula is C14H11Br2F2N. The van der Waals surface area contributed by atoms with E-state index in [1.165, 1.54) is 12.1 Å². The van der Waals surface area contributed by atoms with Crippen molar-refractivity contribution in [3.63, 3.8) is 0 Å². The Bertz CT molecular complexity index is 571. The quantitative estimate of drug-likeness (QED) is 0.738. The second kappa shape index (κ2) is 6.01. The van der Waals surface area contributed by atoms with Crippen LogP contribution in [0, 0.1) is 18.6 Å². The molecular weight excluding hydrogens is 380 g/mol. The normalized spacial score (nSPS) is 10.6. The molecule has 0 aliphatic rings. The van der Waals surface area contributed by atoms with Crippen LogP contribution in [0.5, 0.6) is 0 Å². The minimum Gasteiger partial charge on any atom is -0.379 e. The van der Waals surface area contributed by atoms with Crippen LogP contribution in [0.2, 0.25) is 0 Å². The number of anilines is 1. The Morgan fingerprint density at radius 2 is 1.47 bits per heavy atom. The average molecular weight is 391 g/mol. The molecule has 0 saturated carbocycles. The molecule has 2 aromatic carbocycles. The highest BCUT2D eigenvalue weighted by atomic mass is 79.9. The molecule has 0 amide bonds. The maximum Gasteiger partial charge on any atom is 0.126 e. The molecule has 0 unspecified atom stereocenters. The molecule has 0 radical (unpaired) electrons. The summed E-state index contributed by atoms with van der Waals surface area (Å²) in [5, 5.41) is 3.15. The topological polar surface area (TPSA) is 12.0 Å². The Labute approximate surface area is 127 Å². The number of halogens is 4. The van der Waals surface area contributed by atoms with Gasteiger partial charge in [0.05, 0.1) is 5.69 Å². The fourth-order valence-corrected chi connectivity index (χ4v) is 3.47. The molecule has 0 heterocycles. The molecule has 0 atom stereocenters. The molecule has 0 aromatic heterocycles. The molecule has 1 nitrogen and oxygen atoms in total. The summed E-state index contributed by atoms with van der Waals surface area (Å²) < 4.78 is 28.0. The molecule has 0 bridgehead atoms. The SMILES string of the molecule is Cc1cc(Br)c(NCc2cc(F)cc(F)c2)c(Br)c1. The average Bonchev–Trinajstić information content (AvgIpc) is 2.25. The molecule has 0 aliphatic heterocycles. The third kappa shape index (κ3) is 3.76. The van der Waals surface area contributed by atoms with Gasteiger partial charge in [-0.1, -0.05) is 0 Å². The van der Waals surface area contributed by atoms with E-state index >= 15 is 0 Å². The summed E-state index contributed by atoms with van der Waals surface area (Å²) in [6, 6.07) is 7.43. The van der Waals surface area contributed by atoms with E-state index in [-0.39, 0.29) is 0 Å². The Morgan fingerprint density at radius 3 is 2.00 bits per heavy atom. The molecule has 1 N–H and O–H groups in total. The van der Waals surface area contributed by atoms with Crippen molar-refractivity contribution in [3.05, 3.63) is 62.0 Å². The highest BCUT2D eigenvalue weighted by Crippen LogP contribution is 2.32. The van der Waals surface area contributed by atoms with Crippen molar-refractivity contribution in [1.29, 1.82) is 0 Å². The van der Waals surface area contributed by atoms with E-state index in [1.54, 1.807) is 0 Å². The second-order valence-corrected chi connectivity index (χ2v) is 5.94. The third-order valence-electron chi connectivity index (χ3n) is 2.58. The smallest absolute Gasteiger partial charge is 0.126 e. The Hall–Kier alpha value is -0.940. The van der Waals surface area contributed by atoms with Gasteiger partial charge in [0.15, 0.2) is 0 Å². The summed E-state index contributed by atoms with van der Waals surface area (Å²) in [6.45, 7) is 2.33. The van der Waals surface area contributed by atoms with E-state index < -0.39 is 11.6 Å². The summed E-state index contributed by atoms with van der Waals surface area (Å²) in [5.41, 5.74) is 2.52. The van der Waals surface area contributed by atoms with Gasteiger partial charge < -0.3 is 5.32 Å². The molecule has 5 heteroatoms. The monoisotopic (exact) mass is 389 g/mol. The summed E-state index contributed by atoms with van der Waals surface area (Å²) in [7, 11) is 0. The number of rotatable bonds is 3. The zero-order valence-corrected chi connectivity index (χ0v) is 13.3. The maximum absolute atomic E-state index is 13.1. The first kappa shape index (κ1) is 14.5. The Kier molecular flexibility index (Phi) is 4.58. The molecule has 100 valence electrons. The van der Waals surface area contributed by atoms with Gasteiger partial charge in [0.2, 0.25) is 0 Å². The highest BCUT2D eigenvalue weighted by Gasteiger charge is 2.07. The van der Waals surface area contributed by atoms with Crippen LogP contribution in [-0.2, 0) is 6.54 Å². The van der Waals surface area contributed by atoms with Crippen molar-refractivity contribution in [2.24, 2.45) is 0 Å². The number of hydrogen-bond donors (Lipinski definition) is 1. The standard InChI is InChI=1S/C14H11Br2F2N/c1-8-2-12(15)14(13(16)3-8)19-7-9-4-10(17)6-11(18)5-9/h2-6,19H,7H2,1H3. The van der Waals surface area contributed by atoms with E-state index in [0.717, 1.165) is 26.3 Å². The summed E-state index contributed by atoms with van der Waals surface area (Å²) in [4.78, 5) is 0. The third-order valence-corrected chi connectivity index (χ3v) is 3.83. The maximum atomic E-state index is 13.1. The fraction of sp³-hybridized carbons (Fsp3) is 0.143. The van der Waals surface area contributed by atoms with Gasteiger partial charge in [0.1, 0.15) is 11.6 Å². The highest BCUT2D eigenvalue weighted by molar-refractivity contribution is 9.11. The van der Waals surface area contributed by atoms with Gasteiger partial charge in [0, 0.05) is 21.6 Å². The van der Waals surface area contributed by atoms with E-state index in [9.17, 15) is 8.78 Å². The van der Waals surface area contributed by atoms with Gasteiger partial charge in [-0.25, -0.2) is 8.78 Å². The first-order valence-corrected chi connectivity index (χ1v) is 7.19. The molecule has 2 aromatic rings. The van der Waals surface area contributed by atoms with E-state index in [1.807, 2.05) is 19.1 Å². The lowest BCUT2D eigenvalue weighted by Gasteiger charge is -2.12. The van der Waals surface area contributed by atoms with Crippen LogP contribution >= 0.6 is 31.9 Å². The van der Waals surface area contributed by atoms with Gasteiger partial charge >= 0.3 is 0 Å². The molecule has 0 fully saturated rings. The van der Waals surface area contributed by atoms with Crippen molar-refractivity contribution in [3.8, 4) is 0 Å². The van der Waals surface area contributed by atoms with Crippen LogP contribution in [0.3, 0.4) is 0 Å². The largest absolute Gasteiger partial charge is 0.379 e. The van der Waals surface area contributed by atoms with E-state index in [4.69, 9.17) is 0 Å². The number of nitrogens with one attached hydrogen (secondary N) is 1. The predicted molar refractivity (Wildman–Crippen MR) is 80.3 cm³/mol. The van der Waals surface area contributed by atoms with Gasteiger partial charge in [-0.3, -0.25) is 0 Å². The molecule has 0 saturated heterocycles. The van der Waals surface area contributed by atoms with Crippen molar-refractivity contribution >= 4 is 37.5 Å². The van der Waals surface area contributed by atoms with Crippen LogP contribution in [0.15, 0.2) is 39.3 Å². The van der Waals surface area contributed by atoms with Crippen LogP contribution in [0.1, 0.15) is 11.1 Å². The summed E-state index contributed by atoms with van der Waals surface area (Å²) in [5.74, 6) is -1.14. The van der Waals surface area contributed by atoms with Crippen LogP contribution in [-0.4, -0.2) is 0 Å². The van der Waals surface area contributed by atoms with Crippen LogP contribution in [0.25, 0.3) is 0 Å². The summed E-state index contributed by atoms with van der Waals surface area (Å²) >= 11 is 6.92. The Morgan fingerprint density at radius 1 is 0.947 bits per heavy atom. The van der Waals surface area contributed by atoms with Crippen molar-refractivity contribution in [1.82, 2.24) is 0 Å². The van der Waals surface area contributed by atoms with Crippen LogP contribution < -0.4 is 5.32 Å². The van der Waals surface area contributed by atoms with Crippen molar-refractivity contribution < 1.29 is 8.78 Å². The summed E-state index contributed by atoms with van der Waals surface area (Å²) in [6.07, 6.45) is 0. The first-order valence-electron chi connectivity index (χ1n) is 5.60. The molecule has 2 rings (SSSR count). The zero-order chi connectivity index (χ0) is 14.0. The second-order valence-electron chi connectivity index (χ2n) is 4.23. The Balaban J connectivity index is 2.19. The lowest BCUT2D eigenvalue weighted by molar-refractivity contribution is 0.580. The van der Waals surface area contributed by atoms with Crippen molar-refractivity contribution in [2.45, 2.75) is 13.5 Å². The molecule has 0 spiro atoms. The van der Waals surface area contributed by atoms with Crippen LogP contribution in [0.4, 0.5) is 14.5 Å². The zero-order valence-electron chi connectivity index (χ0n) is 10.1. The van der Waals surface area contributed by atoms with E-state index in [0.29, 0.717) is 12.1 Å². The number of benzene rings is 2. The minimum atomic E-state index is -0.571. The lowest BCUT2D eigenvalue weighted by Crippen LogP contribution is -2.02. The molecule has 19 heavy (non-hydrogen) atoms.